The number of nitrogens with two attached hydrogens (primary N) is 1. The topological polar surface area (TPSA) is 43.8 Å². The summed E-state index contributed by atoms with van der Waals surface area (Å²) in [7, 11) is 0. The fourth-order valence-electron chi connectivity index (χ4n) is 6.32. The van der Waals surface area contributed by atoms with Crippen LogP contribution in [0.2, 0.25) is 0 Å². The summed E-state index contributed by atoms with van der Waals surface area (Å²) in [6.07, 6.45) is 9.69. The highest BCUT2D eigenvalue weighted by molar-refractivity contribution is 5.34. The van der Waals surface area contributed by atoms with Crippen LogP contribution in [-0.2, 0) is 6.42 Å². The zero-order valence-electron chi connectivity index (χ0n) is 12.4. The van der Waals surface area contributed by atoms with Gasteiger partial charge in [0.2, 0.25) is 0 Å². The Hall–Kier alpha value is -0.830. The molecule has 6 rings (SSSR count). The molecule has 0 aromatic carbocycles. The lowest BCUT2D eigenvalue weighted by Crippen LogP contribution is -2.46. The second-order valence-electron chi connectivity index (χ2n) is 7.96. The Morgan fingerprint density at radius 2 is 1.70 bits per heavy atom. The van der Waals surface area contributed by atoms with Gasteiger partial charge in [0.15, 0.2) is 0 Å². The van der Waals surface area contributed by atoms with Gasteiger partial charge in [-0.05, 0) is 75.5 Å². The van der Waals surface area contributed by atoms with E-state index in [0.29, 0.717) is 6.04 Å². The molecule has 1 aromatic rings. The maximum Gasteiger partial charge on any atom is 0.0644 e. The van der Waals surface area contributed by atoms with Crippen LogP contribution in [0, 0.1) is 30.6 Å². The summed E-state index contributed by atoms with van der Waals surface area (Å²) in [4.78, 5) is 0. The van der Waals surface area contributed by atoms with E-state index >= 15 is 0 Å². The van der Waals surface area contributed by atoms with Gasteiger partial charge in [0.25, 0.3) is 0 Å². The van der Waals surface area contributed by atoms with Gasteiger partial charge in [-0.1, -0.05) is 0 Å². The van der Waals surface area contributed by atoms with Crippen LogP contribution in [0.4, 0.5) is 0 Å². The molecule has 1 atom stereocenters. The summed E-state index contributed by atoms with van der Waals surface area (Å²) in [5, 5.41) is 4.97. The minimum atomic E-state index is 0.246. The molecule has 108 valence electrons. The van der Waals surface area contributed by atoms with Gasteiger partial charge in [-0.3, -0.25) is 4.68 Å². The zero-order chi connectivity index (χ0) is 13.4. The maximum atomic E-state index is 6.28. The van der Waals surface area contributed by atoms with Crippen molar-refractivity contribution in [3.05, 3.63) is 17.0 Å². The van der Waals surface area contributed by atoms with Crippen molar-refractivity contribution in [3.63, 3.8) is 0 Å². The molecule has 4 saturated carbocycles. The summed E-state index contributed by atoms with van der Waals surface area (Å²) in [6.45, 7) is 2.16. The Labute approximate surface area is 120 Å². The summed E-state index contributed by atoms with van der Waals surface area (Å²) in [5.74, 6) is 3.90. The molecule has 1 unspecified atom stereocenters. The molecule has 20 heavy (non-hydrogen) atoms. The third-order valence-corrected chi connectivity index (χ3v) is 6.76. The van der Waals surface area contributed by atoms with E-state index in [0.717, 1.165) is 36.5 Å². The first-order valence-electron chi connectivity index (χ1n) is 8.54. The molecule has 0 spiro atoms. The van der Waals surface area contributed by atoms with E-state index in [1.807, 2.05) is 0 Å². The Morgan fingerprint density at radius 3 is 2.35 bits per heavy atom. The summed E-state index contributed by atoms with van der Waals surface area (Å²) < 4.78 is 2.46. The number of hydrogen-bond acceptors (Lipinski definition) is 2. The molecule has 0 saturated heterocycles. The van der Waals surface area contributed by atoms with Gasteiger partial charge in [-0.2, -0.15) is 5.10 Å². The normalized spacial score (nSPS) is 45.1. The Kier molecular flexibility index (Phi) is 2.29. The Balaban J connectivity index is 1.58. The number of fused-ring (bicyclic) bond motifs is 1. The third-order valence-electron chi connectivity index (χ3n) is 6.76. The van der Waals surface area contributed by atoms with Crippen LogP contribution in [-0.4, -0.2) is 9.78 Å². The highest BCUT2D eigenvalue weighted by Gasteiger charge is 2.50. The third kappa shape index (κ3) is 1.42. The van der Waals surface area contributed by atoms with E-state index in [4.69, 9.17) is 10.8 Å². The van der Waals surface area contributed by atoms with Crippen LogP contribution in [0.3, 0.4) is 0 Å². The van der Waals surface area contributed by atoms with Crippen molar-refractivity contribution in [2.75, 3.05) is 0 Å². The van der Waals surface area contributed by atoms with Gasteiger partial charge in [-0.25, -0.2) is 0 Å². The lowest BCUT2D eigenvalue weighted by atomic mass is 9.54. The van der Waals surface area contributed by atoms with E-state index in [1.54, 1.807) is 0 Å². The number of aromatic nitrogens is 2. The molecule has 1 aromatic heterocycles. The predicted molar refractivity (Wildman–Crippen MR) is 78.3 cm³/mol. The summed E-state index contributed by atoms with van der Waals surface area (Å²) >= 11 is 0. The van der Waals surface area contributed by atoms with Crippen molar-refractivity contribution in [2.45, 2.75) is 64.0 Å². The van der Waals surface area contributed by atoms with Gasteiger partial charge < -0.3 is 5.73 Å². The largest absolute Gasteiger partial charge is 0.324 e. The fourth-order valence-corrected chi connectivity index (χ4v) is 6.32. The summed E-state index contributed by atoms with van der Waals surface area (Å²) in [6, 6.07) is 0.950. The fraction of sp³-hybridized carbons (Fsp3) is 0.824. The molecule has 5 aliphatic carbocycles. The van der Waals surface area contributed by atoms with Crippen LogP contribution in [0.15, 0.2) is 0 Å². The van der Waals surface area contributed by atoms with E-state index in [2.05, 4.69) is 11.6 Å². The van der Waals surface area contributed by atoms with Crippen molar-refractivity contribution < 1.29 is 0 Å². The first kappa shape index (κ1) is 11.8. The zero-order valence-corrected chi connectivity index (χ0v) is 12.4. The molecule has 4 fully saturated rings. The quantitative estimate of drug-likeness (QED) is 0.852. The Bertz CT molecular complexity index is 531. The van der Waals surface area contributed by atoms with Gasteiger partial charge in [0, 0.05) is 17.3 Å². The number of aryl methyl sites for hydroxylation is 1. The lowest BCUT2D eigenvalue weighted by molar-refractivity contribution is -0.0346. The Morgan fingerprint density at radius 1 is 1.05 bits per heavy atom. The minimum Gasteiger partial charge on any atom is -0.324 e. The summed E-state index contributed by atoms with van der Waals surface area (Å²) in [5.41, 5.74) is 10.4. The van der Waals surface area contributed by atoms with Crippen molar-refractivity contribution >= 4 is 0 Å². The second kappa shape index (κ2) is 3.88. The van der Waals surface area contributed by atoms with Gasteiger partial charge in [0.05, 0.1) is 11.7 Å². The van der Waals surface area contributed by atoms with Crippen molar-refractivity contribution in [1.29, 1.82) is 0 Å². The van der Waals surface area contributed by atoms with E-state index in [1.165, 1.54) is 49.1 Å². The molecule has 5 aliphatic rings. The first-order valence-corrected chi connectivity index (χ1v) is 8.54. The van der Waals surface area contributed by atoms with Crippen molar-refractivity contribution in [1.82, 2.24) is 9.78 Å². The van der Waals surface area contributed by atoms with Crippen LogP contribution in [0.5, 0.6) is 0 Å². The number of nitrogens with zero attached hydrogens (tertiary/aromatic N) is 2. The number of hydrogen-bond donors (Lipinski definition) is 1. The first-order chi connectivity index (χ1) is 9.70. The maximum absolute atomic E-state index is 6.28. The molecule has 0 amide bonds. The average Bonchev–Trinajstić information content (AvgIpc) is 2.92. The van der Waals surface area contributed by atoms with Crippen LogP contribution >= 0.6 is 0 Å². The molecular weight excluding hydrogens is 246 g/mol. The molecule has 4 bridgehead atoms. The SMILES string of the molecule is Cc1nn(C2C3CC4CC(C3)CC2C4)c2c1C(N)CC2. The van der Waals surface area contributed by atoms with E-state index < -0.39 is 0 Å². The van der Waals surface area contributed by atoms with Gasteiger partial charge >= 0.3 is 0 Å². The van der Waals surface area contributed by atoms with E-state index in [-0.39, 0.29) is 6.04 Å². The molecule has 0 radical (unpaired) electrons. The predicted octanol–water partition coefficient (Wildman–Crippen LogP) is 3.13. The molecular formula is C17H25N3. The molecule has 0 aliphatic heterocycles. The second-order valence-corrected chi connectivity index (χ2v) is 7.96. The van der Waals surface area contributed by atoms with Crippen molar-refractivity contribution in [2.24, 2.45) is 29.4 Å². The minimum absolute atomic E-state index is 0.246. The lowest BCUT2D eigenvalue weighted by Gasteiger charge is -2.54. The van der Waals surface area contributed by atoms with Gasteiger partial charge in [0.1, 0.15) is 0 Å². The molecule has 3 nitrogen and oxygen atoms in total. The average molecular weight is 271 g/mol. The van der Waals surface area contributed by atoms with Crippen molar-refractivity contribution in [3.8, 4) is 0 Å². The monoisotopic (exact) mass is 271 g/mol. The van der Waals surface area contributed by atoms with Crippen LogP contribution < -0.4 is 5.73 Å². The highest BCUT2D eigenvalue weighted by Crippen LogP contribution is 2.58. The molecule has 1 heterocycles. The van der Waals surface area contributed by atoms with Crippen LogP contribution in [0.1, 0.15) is 67.6 Å². The van der Waals surface area contributed by atoms with E-state index in [9.17, 15) is 0 Å². The smallest absolute Gasteiger partial charge is 0.0644 e. The standard InChI is InChI=1S/C17H25N3/c1-9-16-14(18)2-3-15(16)20(19-9)17-12-5-10-4-11(7-12)8-13(17)6-10/h10-14,17H,2-8,18H2,1H3. The molecule has 2 N–H and O–H groups in total. The van der Waals surface area contributed by atoms with Crippen LogP contribution in [0.25, 0.3) is 0 Å². The van der Waals surface area contributed by atoms with Gasteiger partial charge in [-0.15, -0.1) is 0 Å². The number of rotatable bonds is 1. The molecule has 3 heteroatoms. The highest BCUT2D eigenvalue weighted by atomic mass is 15.3.